The second-order valence-corrected chi connectivity index (χ2v) is 30.6. The minimum Gasteiger partial charge on any atom is -0.462 e. The molecule has 0 aliphatic rings. The van der Waals surface area contributed by atoms with Crippen LogP contribution in [0.25, 0.3) is 0 Å². The highest BCUT2D eigenvalue weighted by Gasteiger charge is 2.30. The van der Waals surface area contributed by atoms with E-state index >= 15 is 0 Å². The normalized spacial score (nSPS) is 14.5. The predicted octanol–water partition coefficient (Wildman–Crippen LogP) is 25.0. The molecule has 0 amide bonds. The number of rotatable bonds is 78. The highest BCUT2D eigenvalue weighted by Crippen LogP contribution is 2.45. The molecule has 0 aromatic carbocycles. The molecule has 0 radical (unpaired) electrons. The Morgan fingerprint density at radius 3 is 0.769 bits per heavy atom. The molecule has 19 heteroatoms. The summed E-state index contributed by atoms with van der Waals surface area (Å²) in [7, 11) is -9.98. The van der Waals surface area contributed by atoms with E-state index in [1.54, 1.807) is 0 Å². The molecule has 5 unspecified atom stereocenters. The molecule has 618 valence electrons. The van der Waals surface area contributed by atoms with Gasteiger partial charge in [0.25, 0.3) is 0 Å². The number of carbonyl (C=O) groups excluding carboxylic acids is 4. The largest absolute Gasteiger partial charge is 0.472 e. The van der Waals surface area contributed by atoms with Gasteiger partial charge in [0.2, 0.25) is 0 Å². The number of hydrogen-bond donors (Lipinski definition) is 3. The van der Waals surface area contributed by atoms with Crippen LogP contribution in [0.2, 0.25) is 0 Å². The van der Waals surface area contributed by atoms with Crippen LogP contribution in [-0.2, 0) is 65.4 Å². The molecule has 0 rings (SSSR count). The lowest BCUT2D eigenvalue weighted by atomic mass is 10.1. The van der Waals surface area contributed by atoms with Crippen molar-refractivity contribution in [2.75, 3.05) is 39.6 Å². The van der Waals surface area contributed by atoms with Crippen molar-refractivity contribution in [2.45, 2.75) is 354 Å². The van der Waals surface area contributed by atoms with Crippen LogP contribution in [0.15, 0.2) is 146 Å². The number of phosphoric ester groups is 2. The maximum Gasteiger partial charge on any atom is 0.472 e. The maximum atomic E-state index is 13.1. The molecular weight excluding hydrogens is 1400 g/mol. The van der Waals surface area contributed by atoms with Crippen LogP contribution in [0, 0.1) is 0 Å². The molecule has 0 fully saturated rings. The summed E-state index contributed by atoms with van der Waals surface area (Å²) < 4.78 is 68.7. The van der Waals surface area contributed by atoms with Gasteiger partial charge in [0.1, 0.15) is 19.3 Å². The number of carbonyl (C=O) groups is 4. The quantitative estimate of drug-likeness (QED) is 0.0169. The van der Waals surface area contributed by atoms with Crippen molar-refractivity contribution in [3.05, 3.63) is 146 Å². The van der Waals surface area contributed by atoms with Crippen LogP contribution in [0.5, 0.6) is 0 Å². The molecule has 0 aromatic heterocycles. The zero-order valence-corrected chi connectivity index (χ0v) is 69.5. The van der Waals surface area contributed by atoms with Gasteiger partial charge in [0.05, 0.1) is 26.4 Å². The first-order valence-electron chi connectivity index (χ1n) is 42.1. The SMILES string of the molecule is CC/C=C\C/C=C\C/C=C\C/C=C\C/C=C\CCCCCC(=O)OCC(COP(=O)(O)OCC(O)COP(=O)(O)OCC(COC(=O)CCCCCCCC/C=C\C/C=C\C/C=C\C/C=C\CC)OC(=O)CCCCCCCCCCCCC)OC(=O)CCCCCCCC/C=C\C/C=C\C/C=C\CCCCC. The second kappa shape index (κ2) is 80.0. The third-order valence-corrected chi connectivity index (χ3v) is 19.2. The number of allylic oxidation sites excluding steroid dienone is 24. The van der Waals surface area contributed by atoms with Crippen molar-refractivity contribution in [3.8, 4) is 0 Å². The van der Waals surface area contributed by atoms with Gasteiger partial charge >= 0.3 is 39.5 Å². The zero-order chi connectivity index (χ0) is 78.9. The first-order valence-corrected chi connectivity index (χ1v) is 45.1. The Morgan fingerprint density at radius 2 is 0.481 bits per heavy atom. The Hall–Kier alpha value is -5.06. The number of unbranched alkanes of at least 4 members (excludes halogenated alkanes) is 28. The summed E-state index contributed by atoms with van der Waals surface area (Å²) in [5, 5.41) is 10.7. The van der Waals surface area contributed by atoms with Crippen molar-refractivity contribution in [3.63, 3.8) is 0 Å². The standard InChI is InChI=1S/C89H150O17P2/c1-5-9-13-17-21-25-29-32-35-38-41-44-47-50-54-57-61-65-69-73-86(91)99-79-84(105-88(93)75-71-67-63-59-53-28-24-20-16-12-8-4)81-103-107(95,96)101-77-83(90)78-102-108(97,98)104-82-85(106-89(94)76-72-68-64-60-56-52-49-46-43-40-37-34-31-27-23-19-15-11-7-3)80-100-87(92)74-70-66-62-58-55-51-48-45-42-39-36-33-30-26-22-18-14-10-6-2/h9-10,13-14,21-23,25-27,32-37,41-46,51,55,83-85,90H,5-8,11-12,15-20,24,28-31,38-40,47-50,52-54,56-82H2,1-4H3,(H,95,96)(H,97,98)/b13-9-,14-10-,25-21-,26-22-,27-23-,35-32-,36-33-,37-34-,44-41-,45-42-,46-43-,55-51-. The first-order chi connectivity index (χ1) is 52.7. The average Bonchev–Trinajstić information content (AvgIpc) is 0.917. The summed E-state index contributed by atoms with van der Waals surface area (Å²) in [6.45, 7) is 4.57. The van der Waals surface area contributed by atoms with Crippen molar-refractivity contribution < 1.29 is 80.2 Å². The lowest BCUT2D eigenvalue weighted by Gasteiger charge is -2.21. The lowest BCUT2D eigenvalue weighted by molar-refractivity contribution is -0.161. The van der Waals surface area contributed by atoms with Gasteiger partial charge in [-0.15, -0.1) is 0 Å². The summed E-state index contributed by atoms with van der Waals surface area (Å²) in [6.07, 6.45) is 92.4. The number of aliphatic hydroxyl groups is 1. The molecule has 0 spiro atoms. The van der Waals surface area contributed by atoms with Crippen LogP contribution >= 0.6 is 15.6 Å². The van der Waals surface area contributed by atoms with E-state index in [9.17, 15) is 43.2 Å². The highest BCUT2D eigenvalue weighted by atomic mass is 31.2. The topological polar surface area (TPSA) is 237 Å². The van der Waals surface area contributed by atoms with Crippen LogP contribution in [0.1, 0.15) is 336 Å². The molecule has 0 aliphatic heterocycles. The summed E-state index contributed by atoms with van der Waals surface area (Å²) in [5.41, 5.74) is 0. The average molecular weight is 1550 g/mol. The van der Waals surface area contributed by atoms with E-state index < -0.39 is 97.5 Å². The monoisotopic (exact) mass is 1550 g/mol. The van der Waals surface area contributed by atoms with Gasteiger partial charge in [-0.2, -0.15) is 0 Å². The molecule has 3 N–H and O–H groups in total. The molecule has 0 saturated heterocycles. The summed E-state index contributed by atoms with van der Waals surface area (Å²) >= 11 is 0. The van der Waals surface area contributed by atoms with Crippen molar-refractivity contribution in [2.24, 2.45) is 0 Å². The van der Waals surface area contributed by atoms with E-state index in [-0.39, 0.29) is 25.7 Å². The van der Waals surface area contributed by atoms with Gasteiger partial charge in [-0.3, -0.25) is 37.3 Å². The van der Waals surface area contributed by atoms with E-state index in [2.05, 4.69) is 174 Å². The first kappa shape index (κ1) is 103. The Morgan fingerprint density at radius 1 is 0.269 bits per heavy atom. The molecule has 5 atom stereocenters. The lowest BCUT2D eigenvalue weighted by Crippen LogP contribution is -2.30. The Kier molecular flexibility index (Phi) is 76.3. The van der Waals surface area contributed by atoms with Gasteiger partial charge in [-0.25, -0.2) is 9.13 Å². The van der Waals surface area contributed by atoms with E-state index in [0.717, 1.165) is 199 Å². The maximum absolute atomic E-state index is 13.1. The number of hydrogen-bond acceptors (Lipinski definition) is 15. The van der Waals surface area contributed by atoms with E-state index in [1.165, 1.54) is 57.8 Å². The number of esters is 4. The fourth-order valence-corrected chi connectivity index (χ4v) is 12.5. The van der Waals surface area contributed by atoms with E-state index in [4.69, 9.17) is 37.0 Å². The van der Waals surface area contributed by atoms with Crippen LogP contribution in [0.3, 0.4) is 0 Å². The van der Waals surface area contributed by atoms with Crippen molar-refractivity contribution >= 4 is 39.5 Å². The van der Waals surface area contributed by atoms with Gasteiger partial charge in [0, 0.05) is 25.7 Å². The zero-order valence-electron chi connectivity index (χ0n) is 67.7. The van der Waals surface area contributed by atoms with Crippen LogP contribution in [-0.4, -0.2) is 96.7 Å². The van der Waals surface area contributed by atoms with Gasteiger partial charge in [-0.1, -0.05) is 308 Å². The minimum absolute atomic E-state index is 0.0692. The Labute approximate surface area is 656 Å². The number of ether oxygens (including phenoxy) is 4. The second-order valence-electron chi connectivity index (χ2n) is 27.7. The molecule has 0 aromatic rings. The van der Waals surface area contributed by atoms with Gasteiger partial charge in [0.15, 0.2) is 12.2 Å². The molecule has 0 aliphatic carbocycles. The third-order valence-electron chi connectivity index (χ3n) is 17.3. The van der Waals surface area contributed by atoms with Crippen LogP contribution in [0.4, 0.5) is 0 Å². The molecule has 0 saturated carbocycles. The summed E-state index contributed by atoms with van der Waals surface area (Å²) in [6, 6.07) is 0. The summed E-state index contributed by atoms with van der Waals surface area (Å²) in [5.74, 6) is -2.23. The Bertz CT molecular complexity index is 2610. The van der Waals surface area contributed by atoms with Gasteiger partial charge in [-0.05, 0) is 148 Å². The van der Waals surface area contributed by atoms with Crippen molar-refractivity contribution in [1.82, 2.24) is 0 Å². The molecule has 17 nitrogen and oxygen atoms in total. The van der Waals surface area contributed by atoms with E-state index in [1.807, 2.05) is 0 Å². The van der Waals surface area contributed by atoms with E-state index in [0.29, 0.717) is 25.7 Å². The molecule has 0 heterocycles. The molecular formula is C89H150O17P2. The fraction of sp³-hybridized carbons (Fsp3) is 0.685. The highest BCUT2D eigenvalue weighted by molar-refractivity contribution is 7.47. The Balaban J connectivity index is 5.39. The minimum atomic E-state index is -5.00. The third kappa shape index (κ3) is 79.0. The van der Waals surface area contributed by atoms with Crippen molar-refractivity contribution in [1.29, 1.82) is 0 Å². The molecule has 0 bridgehead atoms. The molecule has 108 heavy (non-hydrogen) atoms. The number of aliphatic hydroxyl groups excluding tert-OH is 1. The smallest absolute Gasteiger partial charge is 0.462 e. The number of phosphoric acid groups is 2. The predicted molar refractivity (Wildman–Crippen MR) is 445 cm³/mol. The summed E-state index contributed by atoms with van der Waals surface area (Å²) in [4.78, 5) is 73.2. The van der Waals surface area contributed by atoms with Gasteiger partial charge < -0.3 is 33.8 Å². The van der Waals surface area contributed by atoms with Crippen LogP contribution < -0.4 is 0 Å². The fourth-order valence-electron chi connectivity index (χ4n) is 11.0.